The van der Waals surface area contributed by atoms with Gasteiger partial charge in [-0.2, -0.15) is 0 Å². The van der Waals surface area contributed by atoms with Crippen LogP contribution in [0.15, 0.2) is 53.0 Å². The van der Waals surface area contributed by atoms with Crippen LogP contribution >= 0.6 is 15.9 Å². The minimum atomic E-state index is 0.0425. The highest BCUT2D eigenvalue weighted by molar-refractivity contribution is 9.10. The predicted molar refractivity (Wildman–Crippen MR) is 104 cm³/mol. The molecule has 5 heteroatoms. The summed E-state index contributed by atoms with van der Waals surface area (Å²) in [6.07, 6.45) is 1.21. The van der Waals surface area contributed by atoms with Crippen molar-refractivity contribution in [1.29, 1.82) is 0 Å². The maximum Gasteiger partial charge on any atom is 0.224 e. The molecule has 4 nitrogen and oxygen atoms in total. The summed E-state index contributed by atoms with van der Waals surface area (Å²) in [4.78, 5) is 14.5. The molecule has 132 valence electrons. The van der Waals surface area contributed by atoms with Gasteiger partial charge in [0.25, 0.3) is 0 Å². The lowest BCUT2D eigenvalue weighted by Gasteiger charge is -2.26. The first-order valence-electron chi connectivity index (χ1n) is 8.62. The molecule has 0 atom stereocenters. The molecule has 1 aliphatic rings. The lowest BCUT2D eigenvalue weighted by atomic mass is 10.1. The molecule has 1 heterocycles. The van der Waals surface area contributed by atoms with Crippen LogP contribution in [0, 0.1) is 0 Å². The maximum atomic E-state index is 12.1. The summed E-state index contributed by atoms with van der Waals surface area (Å²) in [7, 11) is 0. The normalized spacial score (nSPS) is 15.1. The second-order valence-corrected chi connectivity index (χ2v) is 7.18. The molecule has 0 bridgehead atoms. The molecule has 0 spiro atoms. The third kappa shape index (κ3) is 5.96. The number of nitrogens with one attached hydrogen (secondary N) is 1. The molecule has 0 radical (unpaired) electrons. The Bertz CT molecular complexity index is 697. The molecule has 0 aliphatic carbocycles. The largest absolute Gasteiger partial charge is 0.379 e. The molecule has 1 fully saturated rings. The quantitative estimate of drug-likeness (QED) is 0.797. The molecule has 2 aromatic rings. The molecule has 0 aromatic heterocycles. The van der Waals surface area contributed by atoms with E-state index in [-0.39, 0.29) is 5.91 Å². The zero-order chi connectivity index (χ0) is 17.5. The third-order valence-corrected chi connectivity index (χ3v) is 4.77. The number of carbonyl (C=O) groups is 1. The summed E-state index contributed by atoms with van der Waals surface area (Å²) in [6, 6.07) is 16.2. The Hall–Kier alpha value is -1.69. The molecule has 1 aliphatic heterocycles. The van der Waals surface area contributed by atoms with Crippen molar-refractivity contribution in [3.8, 4) is 0 Å². The molecular formula is C20H23BrN2O2. The second-order valence-electron chi connectivity index (χ2n) is 6.26. The molecule has 0 unspecified atom stereocenters. The van der Waals surface area contributed by atoms with Crippen molar-refractivity contribution in [1.82, 2.24) is 4.90 Å². The minimum absolute atomic E-state index is 0.0425. The van der Waals surface area contributed by atoms with Crippen LogP contribution in [0.3, 0.4) is 0 Å². The lowest BCUT2D eigenvalue weighted by Crippen LogP contribution is -2.35. The number of carbonyl (C=O) groups excluding carboxylic acids is 1. The SMILES string of the molecule is O=C(CCc1cccc(Br)c1)Nc1ccc(CN2CCOCC2)cc1. The van der Waals surface area contributed by atoms with E-state index in [4.69, 9.17) is 4.74 Å². The van der Waals surface area contributed by atoms with E-state index in [2.05, 4.69) is 38.3 Å². The number of ether oxygens (including phenoxy) is 1. The van der Waals surface area contributed by atoms with Crippen molar-refractivity contribution in [2.24, 2.45) is 0 Å². The van der Waals surface area contributed by atoms with Gasteiger partial charge in [-0.15, -0.1) is 0 Å². The smallest absolute Gasteiger partial charge is 0.224 e. The van der Waals surface area contributed by atoms with E-state index in [0.717, 1.165) is 55.0 Å². The van der Waals surface area contributed by atoms with Crippen molar-refractivity contribution in [3.63, 3.8) is 0 Å². The first kappa shape index (κ1) is 18.1. The Morgan fingerprint density at radius 3 is 2.56 bits per heavy atom. The van der Waals surface area contributed by atoms with E-state index in [1.54, 1.807) is 0 Å². The van der Waals surface area contributed by atoms with Gasteiger partial charge in [-0.1, -0.05) is 40.2 Å². The van der Waals surface area contributed by atoms with Gasteiger partial charge in [0.15, 0.2) is 0 Å². The fourth-order valence-corrected chi connectivity index (χ4v) is 3.33. The summed E-state index contributed by atoms with van der Waals surface area (Å²) in [5.74, 6) is 0.0425. The number of morpholine rings is 1. The van der Waals surface area contributed by atoms with Gasteiger partial charge in [-0.3, -0.25) is 9.69 Å². The highest BCUT2D eigenvalue weighted by Crippen LogP contribution is 2.15. The third-order valence-electron chi connectivity index (χ3n) is 4.28. The van der Waals surface area contributed by atoms with Crippen LogP contribution in [0.5, 0.6) is 0 Å². The summed E-state index contributed by atoms with van der Waals surface area (Å²) < 4.78 is 6.41. The molecular weight excluding hydrogens is 380 g/mol. The minimum Gasteiger partial charge on any atom is -0.379 e. The van der Waals surface area contributed by atoms with E-state index >= 15 is 0 Å². The van der Waals surface area contributed by atoms with Crippen LogP contribution in [-0.4, -0.2) is 37.1 Å². The average molecular weight is 403 g/mol. The Kier molecular flexibility index (Phi) is 6.62. The van der Waals surface area contributed by atoms with Crippen molar-refractivity contribution >= 4 is 27.5 Å². The fourth-order valence-electron chi connectivity index (χ4n) is 2.88. The Morgan fingerprint density at radius 2 is 1.84 bits per heavy atom. The molecule has 1 amide bonds. The zero-order valence-electron chi connectivity index (χ0n) is 14.2. The summed E-state index contributed by atoms with van der Waals surface area (Å²) in [5, 5.41) is 2.97. The van der Waals surface area contributed by atoms with Crippen molar-refractivity contribution < 1.29 is 9.53 Å². The number of rotatable bonds is 6. The van der Waals surface area contributed by atoms with Crippen LogP contribution in [0.4, 0.5) is 5.69 Å². The van der Waals surface area contributed by atoms with E-state index < -0.39 is 0 Å². The molecule has 3 rings (SSSR count). The van der Waals surface area contributed by atoms with Crippen LogP contribution in [0.25, 0.3) is 0 Å². The molecule has 1 saturated heterocycles. The van der Waals surface area contributed by atoms with Gasteiger partial charge in [0.2, 0.25) is 5.91 Å². The Labute approximate surface area is 157 Å². The number of anilines is 1. The van der Waals surface area contributed by atoms with Gasteiger partial charge in [-0.25, -0.2) is 0 Å². The topological polar surface area (TPSA) is 41.6 Å². The molecule has 2 aromatic carbocycles. The fraction of sp³-hybridized carbons (Fsp3) is 0.350. The van der Waals surface area contributed by atoms with Crippen LogP contribution in [0.2, 0.25) is 0 Å². The molecule has 1 N–H and O–H groups in total. The average Bonchev–Trinajstić information content (AvgIpc) is 2.63. The Morgan fingerprint density at radius 1 is 1.08 bits per heavy atom. The molecule has 0 saturated carbocycles. The van der Waals surface area contributed by atoms with Crippen molar-refractivity contribution in [2.75, 3.05) is 31.6 Å². The maximum absolute atomic E-state index is 12.1. The van der Waals surface area contributed by atoms with Gasteiger partial charge >= 0.3 is 0 Å². The number of amides is 1. The first-order valence-corrected chi connectivity index (χ1v) is 9.42. The highest BCUT2D eigenvalue weighted by atomic mass is 79.9. The van der Waals surface area contributed by atoms with Crippen LogP contribution < -0.4 is 5.32 Å². The van der Waals surface area contributed by atoms with Gasteiger partial charge in [0.05, 0.1) is 13.2 Å². The number of hydrogen-bond donors (Lipinski definition) is 1. The van der Waals surface area contributed by atoms with Crippen LogP contribution in [0.1, 0.15) is 17.5 Å². The number of nitrogens with zero attached hydrogens (tertiary/aromatic N) is 1. The van der Waals surface area contributed by atoms with E-state index in [1.807, 2.05) is 36.4 Å². The highest BCUT2D eigenvalue weighted by Gasteiger charge is 2.10. The van der Waals surface area contributed by atoms with Gasteiger partial charge in [0, 0.05) is 36.2 Å². The predicted octanol–water partition coefficient (Wildman–Crippen LogP) is 3.85. The summed E-state index contributed by atoms with van der Waals surface area (Å²) in [6.45, 7) is 4.51. The van der Waals surface area contributed by atoms with E-state index in [0.29, 0.717) is 6.42 Å². The van der Waals surface area contributed by atoms with Gasteiger partial charge in [-0.05, 0) is 41.8 Å². The number of halogens is 1. The standard InChI is InChI=1S/C20H23BrN2O2/c21-18-3-1-2-16(14-18)6-9-20(24)22-19-7-4-17(5-8-19)15-23-10-12-25-13-11-23/h1-5,7-8,14H,6,9-13,15H2,(H,22,24). The molecule has 25 heavy (non-hydrogen) atoms. The zero-order valence-corrected chi connectivity index (χ0v) is 15.8. The number of aryl methyl sites for hydroxylation is 1. The van der Waals surface area contributed by atoms with Gasteiger partial charge in [0.1, 0.15) is 0 Å². The number of benzene rings is 2. The summed E-state index contributed by atoms with van der Waals surface area (Å²) >= 11 is 3.45. The lowest BCUT2D eigenvalue weighted by molar-refractivity contribution is -0.116. The van der Waals surface area contributed by atoms with E-state index in [9.17, 15) is 4.79 Å². The monoisotopic (exact) mass is 402 g/mol. The number of hydrogen-bond acceptors (Lipinski definition) is 3. The van der Waals surface area contributed by atoms with Crippen LogP contribution in [-0.2, 0) is 22.5 Å². The summed E-state index contributed by atoms with van der Waals surface area (Å²) in [5.41, 5.74) is 3.27. The van der Waals surface area contributed by atoms with E-state index in [1.165, 1.54) is 5.56 Å². The first-order chi connectivity index (χ1) is 12.2. The second kappa shape index (κ2) is 9.13. The van der Waals surface area contributed by atoms with Gasteiger partial charge < -0.3 is 10.1 Å². The van der Waals surface area contributed by atoms with Crippen molar-refractivity contribution in [2.45, 2.75) is 19.4 Å². The van der Waals surface area contributed by atoms with Crippen molar-refractivity contribution in [3.05, 3.63) is 64.1 Å². The Balaban J connectivity index is 1.46.